The number of pyridine rings is 1. The zero-order valence-electron chi connectivity index (χ0n) is 16.9. The first-order chi connectivity index (χ1) is 15.5. The predicted octanol–water partition coefficient (Wildman–Crippen LogP) is 3.62. The summed E-state index contributed by atoms with van der Waals surface area (Å²) in [6.45, 7) is -0.303. The van der Waals surface area contributed by atoms with Crippen molar-refractivity contribution in [2.24, 2.45) is 5.92 Å². The molecule has 0 radical (unpaired) electrons. The minimum atomic E-state index is -4.86. The molecule has 0 saturated heterocycles. The highest BCUT2D eigenvalue weighted by atomic mass is 35.5. The van der Waals surface area contributed by atoms with Crippen molar-refractivity contribution in [1.82, 2.24) is 15.6 Å². The maximum Gasteiger partial charge on any atom is 0.574 e. The van der Waals surface area contributed by atoms with E-state index in [0.717, 1.165) is 18.3 Å². The van der Waals surface area contributed by atoms with E-state index in [1.807, 2.05) is 0 Å². The van der Waals surface area contributed by atoms with Gasteiger partial charge in [-0.15, -0.1) is 13.2 Å². The Hall–Kier alpha value is -3.08. The second-order valence-corrected chi connectivity index (χ2v) is 8.49. The van der Waals surface area contributed by atoms with Crippen molar-refractivity contribution in [3.8, 4) is 11.6 Å². The number of carbonyl (C=O) groups is 2. The van der Waals surface area contributed by atoms with Crippen LogP contribution in [0.5, 0.6) is 11.6 Å². The lowest BCUT2D eigenvalue weighted by Gasteiger charge is -2.39. The van der Waals surface area contributed by atoms with E-state index in [0.29, 0.717) is 19.3 Å². The molecule has 7 nitrogen and oxygen atoms in total. The summed E-state index contributed by atoms with van der Waals surface area (Å²) in [5, 5.41) is 5.71. The van der Waals surface area contributed by atoms with Gasteiger partial charge in [-0.3, -0.25) is 9.59 Å². The van der Waals surface area contributed by atoms with Gasteiger partial charge in [0.15, 0.2) is 6.61 Å². The third kappa shape index (κ3) is 5.47. The summed E-state index contributed by atoms with van der Waals surface area (Å²) >= 11 is 5.61. The normalized spacial score (nSPS) is 23.4. The third-order valence-corrected chi connectivity index (χ3v) is 5.99. The van der Waals surface area contributed by atoms with E-state index in [-0.39, 0.29) is 40.8 Å². The van der Waals surface area contributed by atoms with E-state index >= 15 is 0 Å². The van der Waals surface area contributed by atoms with Crippen LogP contribution in [0.15, 0.2) is 36.5 Å². The molecule has 2 bridgehead atoms. The quantitative estimate of drug-likeness (QED) is 0.582. The van der Waals surface area contributed by atoms with E-state index in [9.17, 15) is 27.2 Å². The van der Waals surface area contributed by atoms with Gasteiger partial charge in [0.25, 0.3) is 11.8 Å². The average molecular weight is 488 g/mol. The van der Waals surface area contributed by atoms with Gasteiger partial charge in [0.2, 0.25) is 5.88 Å². The number of nitrogens with zero attached hydrogens (tertiary/aromatic N) is 1. The highest BCUT2D eigenvalue weighted by Gasteiger charge is 2.57. The first-order valence-electron chi connectivity index (χ1n) is 9.93. The molecule has 0 spiro atoms. The van der Waals surface area contributed by atoms with Crippen LogP contribution < -0.4 is 20.1 Å². The number of rotatable bonds is 7. The molecule has 33 heavy (non-hydrogen) atoms. The lowest BCUT2D eigenvalue weighted by Crippen LogP contribution is -2.53. The summed E-state index contributed by atoms with van der Waals surface area (Å²) in [6, 6.07) is 5.83. The van der Waals surface area contributed by atoms with Crippen molar-refractivity contribution < 1.29 is 36.6 Å². The van der Waals surface area contributed by atoms with E-state index < -0.39 is 29.5 Å². The molecule has 1 aromatic heterocycles. The number of benzene rings is 1. The van der Waals surface area contributed by atoms with Crippen molar-refractivity contribution in [2.45, 2.75) is 37.2 Å². The summed E-state index contributed by atoms with van der Waals surface area (Å²) in [5.41, 5.74) is -0.368. The Morgan fingerprint density at radius 3 is 2.58 bits per heavy atom. The largest absolute Gasteiger partial charge is 0.574 e. The summed E-state index contributed by atoms with van der Waals surface area (Å²) in [6.07, 6.45) is -2.00. The van der Waals surface area contributed by atoms with Crippen molar-refractivity contribution in [2.75, 3.05) is 6.61 Å². The van der Waals surface area contributed by atoms with Crippen molar-refractivity contribution in [1.29, 1.82) is 0 Å². The Balaban J connectivity index is 1.26. The number of hydrogen-bond acceptors (Lipinski definition) is 5. The van der Waals surface area contributed by atoms with Crippen LogP contribution in [0.4, 0.5) is 17.6 Å². The van der Waals surface area contributed by atoms with E-state index in [4.69, 9.17) is 16.3 Å². The first-order valence-corrected chi connectivity index (χ1v) is 10.3. The molecule has 5 rings (SSSR count). The molecule has 3 aliphatic rings. The number of carbonyl (C=O) groups excluding carboxylic acids is 2. The molecule has 0 unspecified atom stereocenters. The maximum atomic E-state index is 13.5. The van der Waals surface area contributed by atoms with Gasteiger partial charge in [-0.2, -0.15) is 0 Å². The van der Waals surface area contributed by atoms with Gasteiger partial charge >= 0.3 is 6.36 Å². The highest BCUT2D eigenvalue weighted by molar-refractivity contribution is 6.30. The maximum absolute atomic E-state index is 13.5. The highest BCUT2D eigenvalue weighted by Crippen LogP contribution is 2.52. The molecule has 176 valence electrons. The number of alkyl halides is 3. The number of nitrogens with one attached hydrogen (secondary N) is 2. The van der Waals surface area contributed by atoms with Crippen molar-refractivity contribution in [3.05, 3.63) is 52.9 Å². The Labute approximate surface area is 190 Å². The molecule has 1 heterocycles. The van der Waals surface area contributed by atoms with Gasteiger partial charge in [0.05, 0.1) is 10.6 Å². The number of hydrogen-bond donors (Lipinski definition) is 2. The molecule has 2 amide bonds. The molecule has 3 saturated carbocycles. The van der Waals surface area contributed by atoms with E-state index in [1.54, 1.807) is 0 Å². The summed E-state index contributed by atoms with van der Waals surface area (Å²) in [5.74, 6) is -1.82. The Morgan fingerprint density at radius 1 is 1.18 bits per heavy atom. The molecular weight excluding hydrogens is 470 g/mol. The van der Waals surface area contributed by atoms with Crippen molar-refractivity contribution in [3.63, 3.8) is 0 Å². The summed E-state index contributed by atoms with van der Waals surface area (Å²) < 4.78 is 59.1. The summed E-state index contributed by atoms with van der Waals surface area (Å²) in [7, 11) is 0. The first kappa shape index (κ1) is 23.1. The lowest BCUT2D eigenvalue weighted by atomic mass is 9.76. The van der Waals surface area contributed by atoms with Gasteiger partial charge in [0, 0.05) is 29.9 Å². The zero-order valence-corrected chi connectivity index (χ0v) is 17.7. The van der Waals surface area contributed by atoms with Gasteiger partial charge < -0.3 is 20.1 Å². The van der Waals surface area contributed by atoms with Gasteiger partial charge in [-0.1, -0.05) is 11.6 Å². The van der Waals surface area contributed by atoms with Crippen LogP contribution in [0.2, 0.25) is 5.02 Å². The van der Waals surface area contributed by atoms with Crippen LogP contribution in [0.1, 0.15) is 29.6 Å². The van der Waals surface area contributed by atoms with Crippen LogP contribution in [0.3, 0.4) is 0 Å². The number of halogens is 5. The molecule has 2 N–H and O–H groups in total. The predicted molar refractivity (Wildman–Crippen MR) is 107 cm³/mol. The number of amides is 2. The fourth-order valence-electron chi connectivity index (χ4n) is 4.30. The van der Waals surface area contributed by atoms with Gasteiger partial charge in [-0.05, 0) is 43.4 Å². The van der Waals surface area contributed by atoms with Crippen LogP contribution in [0.25, 0.3) is 0 Å². The van der Waals surface area contributed by atoms with Crippen molar-refractivity contribution >= 4 is 23.4 Å². The second-order valence-electron chi connectivity index (χ2n) is 8.08. The minimum absolute atomic E-state index is 0.0494. The molecule has 1 aromatic carbocycles. The third-order valence-electron chi connectivity index (χ3n) is 5.69. The second kappa shape index (κ2) is 8.69. The van der Waals surface area contributed by atoms with Gasteiger partial charge in [0.1, 0.15) is 11.6 Å². The molecule has 1 atom stereocenters. The van der Waals surface area contributed by atoms with E-state index in [1.165, 1.54) is 18.2 Å². The standard InChI is InChI=1S/C21H18ClF4N3O4/c22-14-3-2-13(5-15(14)23)32-10-17(30)29-20-6-12(7-20)16(8-20)28-19(31)11-1-4-18(27-9-11)33-21(24,25)26/h1-5,9,12,16H,6-8,10H2,(H,28,31)(H,29,30)/t12?,16-,20?/m1/s1. The number of aromatic nitrogens is 1. The van der Waals surface area contributed by atoms with Gasteiger partial charge in [-0.25, -0.2) is 9.37 Å². The average Bonchev–Trinajstić information content (AvgIpc) is 3.21. The van der Waals surface area contributed by atoms with Crippen LogP contribution >= 0.6 is 11.6 Å². The topological polar surface area (TPSA) is 89.6 Å². The SMILES string of the molecule is O=C(COc1ccc(Cl)c(F)c1)NC12CC(C1)[C@H](NC(=O)c1ccc(OC(F)(F)F)nc1)C2. The molecule has 3 fully saturated rings. The monoisotopic (exact) mass is 487 g/mol. The molecule has 12 heteroatoms. The smallest absolute Gasteiger partial charge is 0.484 e. The minimum Gasteiger partial charge on any atom is -0.484 e. The molecule has 3 aliphatic carbocycles. The molecular formula is C21H18ClF4N3O4. The van der Waals surface area contributed by atoms with Crippen LogP contribution in [-0.2, 0) is 4.79 Å². The van der Waals surface area contributed by atoms with Crippen LogP contribution in [-0.4, -0.2) is 41.3 Å². The Kier molecular flexibility index (Phi) is 6.08. The Morgan fingerprint density at radius 2 is 1.94 bits per heavy atom. The Bertz CT molecular complexity index is 1060. The van der Waals surface area contributed by atoms with E-state index in [2.05, 4.69) is 20.4 Å². The zero-order chi connectivity index (χ0) is 23.8. The lowest BCUT2D eigenvalue weighted by molar-refractivity contribution is -0.276. The number of ether oxygens (including phenoxy) is 2. The molecule has 0 aliphatic heterocycles. The van der Waals surface area contributed by atoms with Crippen LogP contribution in [0, 0.1) is 11.7 Å². The fourth-order valence-corrected chi connectivity index (χ4v) is 4.41. The summed E-state index contributed by atoms with van der Waals surface area (Å²) in [4.78, 5) is 28.2. The molecule has 2 aromatic rings. The fraction of sp³-hybridized carbons (Fsp3) is 0.381. The number of fused-ring (bicyclic) bond motifs is 1.